The lowest BCUT2D eigenvalue weighted by atomic mass is 9.73. The third-order valence-corrected chi connectivity index (χ3v) is 6.79. The molecule has 4 aliphatic rings. The molecule has 5 heteroatoms. The average molecular weight is 354 g/mol. The largest absolute Gasteiger partial charge is 0.493 e. The molecule has 0 unspecified atom stereocenters. The Bertz CT molecular complexity index is 780. The Morgan fingerprint density at radius 1 is 1.15 bits per heavy atom. The van der Waals surface area contributed by atoms with Crippen molar-refractivity contribution in [1.29, 1.82) is 0 Å². The lowest BCUT2D eigenvalue weighted by molar-refractivity contribution is -0.127. The molecule has 0 bridgehead atoms. The highest BCUT2D eigenvalue weighted by Crippen LogP contribution is 2.50. The van der Waals surface area contributed by atoms with Crippen molar-refractivity contribution in [3.63, 3.8) is 0 Å². The molecule has 2 aliphatic carbocycles. The zero-order valence-corrected chi connectivity index (χ0v) is 15.3. The number of nitrogens with one attached hydrogen (secondary N) is 1. The van der Waals surface area contributed by atoms with E-state index < -0.39 is 0 Å². The van der Waals surface area contributed by atoms with Crippen molar-refractivity contribution < 1.29 is 14.3 Å². The van der Waals surface area contributed by atoms with E-state index in [1.807, 2.05) is 6.07 Å². The van der Waals surface area contributed by atoms with E-state index in [0.717, 1.165) is 61.3 Å². The van der Waals surface area contributed by atoms with Gasteiger partial charge in [-0.3, -0.25) is 4.79 Å². The topological polar surface area (TPSA) is 59.9 Å². The number of hydrogen-bond acceptors (Lipinski definition) is 4. The second-order valence-electron chi connectivity index (χ2n) is 8.26. The van der Waals surface area contributed by atoms with Gasteiger partial charge in [0, 0.05) is 29.4 Å². The highest BCUT2D eigenvalue weighted by atomic mass is 16.5. The number of ether oxygens (including phenoxy) is 2. The van der Waals surface area contributed by atoms with Gasteiger partial charge < -0.3 is 9.47 Å². The number of carbonyl (C=O) groups is 1. The normalized spacial score (nSPS) is 28.8. The molecule has 26 heavy (non-hydrogen) atoms. The predicted molar refractivity (Wildman–Crippen MR) is 98.7 cm³/mol. The van der Waals surface area contributed by atoms with Crippen molar-refractivity contribution in [2.24, 2.45) is 16.9 Å². The summed E-state index contributed by atoms with van der Waals surface area (Å²) in [5, 5.41) is 4.53. The Labute approximate surface area is 154 Å². The number of hydrogen-bond donors (Lipinski definition) is 1. The fourth-order valence-corrected chi connectivity index (χ4v) is 5.48. The van der Waals surface area contributed by atoms with Crippen LogP contribution in [0.25, 0.3) is 0 Å². The summed E-state index contributed by atoms with van der Waals surface area (Å²) >= 11 is 0. The molecule has 1 aromatic rings. The monoisotopic (exact) mass is 354 g/mol. The first-order valence-electron chi connectivity index (χ1n) is 9.97. The Morgan fingerprint density at radius 2 is 1.92 bits per heavy atom. The molecule has 1 spiro atoms. The lowest BCUT2D eigenvalue weighted by Gasteiger charge is -2.34. The predicted octanol–water partition coefficient (Wildman–Crippen LogP) is 3.58. The van der Waals surface area contributed by atoms with Crippen molar-refractivity contribution in [3.8, 4) is 11.5 Å². The van der Waals surface area contributed by atoms with Crippen molar-refractivity contribution in [2.75, 3.05) is 7.11 Å². The smallest absolute Gasteiger partial charge is 0.243 e. The van der Waals surface area contributed by atoms with Crippen molar-refractivity contribution in [1.82, 2.24) is 5.43 Å². The van der Waals surface area contributed by atoms with E-state index in [0.29, 0.717) is 0 Å². The van der Waals surface area contributed by atoms with E-state index in [-0.39, 0.29) is 23.3 Å². The van der Waals surface area contributed by atoms with Crippen molar-refractivity contribution in [2.45, 2.75) is 63.4 Å². The number of amides is 1. The van der Waals surface area contributed by atoms with Crippen LogP contribution >= 0.6 is 0 Å². The van der Waals surface area contributed by atoms with Crippen LogP contribution in [0, 0.1) is 11.8 Å². The fourth-order valence-electron chi connectivity index (χ4n) is 5.48. The Morgan fingerprint density at radius 3 is 2.69 bits per heavy atom. The summed E-state index contributed by atoms with van der Waals surface area (Å²) in [4.78, 5) is 12.3. The zero-order valence-electron chi connectivity index (χ0n) is 15.3. The second kappa shape index (κ2) is 6.00. The highest BCUT2D eigenvalue weighted by molar-refractivity contribution is 6.08. The van der Waals surface area contributed by atoms with Gasteiger partial charge in [0.1, 0.15) is 5.60 Å². The van der Waals surface area contributed by atoms with Gasteiger partial charge >= 0.3 is 0 Å². The van der Waals surface area contributed by atoms with Gasteiger partial charge in [0.2, 0.25) is 5.91 Å². The van der Waals surface area contributed by atoms with E-state index in [1.165, 1.54) is 24.8 Å². The molecule has 138 valence electrons. The van der Waals surface area contributed by atoms with Crippen molar-refractivity contribution in [3.05, 3.63) is 23.3 Å². The number of fused-ring (bicyclic) bond motifs is 2. The minimum Gasteiger partial charge on any atom is -0.493 e. The third-order valence-electron chi connectivity index (χ3n) is 6.79. The number of carbonyl (C=O) groups excluding carboxylic acids is 1. The minimum atomic E-state index is -0.0594. The van der Waals surface area contributed by atoms with Gasteiger partial charge in [0.05, 0.1) is 12.8 Å². The molecule has 0 aromatic heterocycles. The van der Waals surface area contributed by atoms with Gasteiger partial charge in [-0.2, -0.15) is 5.10 Å². The highest BCUT2D eigenvalue weighted by Gasteiger charge is 2.46. The van der Waals surface area contributed by atoms with Crippen LogP contribution < -0.4 is 14.9 Å². The van der Waals surface area contributed by atoms with E-state index in [2.05, 4.69) is 16.6 Å². The quantitative estimate of drug-likeness (QED) is 0.883. The van der Waals surface area contributed by atoms with Crippen LogP contribution in [0.1, 0.15) is 62.5 Å². The molecule has 2 atom stereocenters. The van der Waals surface area contributed by atoms with Gasteiger partial charge in [-0.1, -0.05) is 12.8 Å². The Kier molecular flexibility index (Phi) is 3.73. The van der Waals surface area contributed by atoms with E-state index in [9.17, 15) is 4.79 Å². The number of methoxy groups -OCH3 is 1. The molecule has 1 N–H and O–H groups in total. The molecule has 2 aliphatic heterocycles. The molecular formula is C21H26N2O3. The fraction of sp³-hybridized carbons (Fsp3) is 0.619. The second-order valence-corrected chi connectivity index (χ2v) is 8.26. The minimum absolute atomic E-state index is 0.0594. The number of rotatable bonds is 2. The number of hydrazone groups is 1. The maximum atomic E-state index is 12.3. The number of nitrogens with zero attached hydrogens (tertiary/aromatic N) is 1. The molecule has 2 heterocycles. The Hall–Kier alpha value is -2.04. The van der Waals surface area contributed by atoms with Gasteiger partial charge in [-0.25, -0.2) is 5.43 Å². The summed E-state index contributed by atoms with van der Waals surface area (Å²) < 4.78 is 12.1. The molecule has 2 saturated carbocycles. The first-order valence-corrected chi connectivity index (χ1v) is 9.97. The molecule has 0 saturated heterocycles. The SMILES string of the molecule is COc1ccc(C2=NNC(=O)[C@@H]3CCCC[C@H]23)c2c1OC1(CCCC1)C2. The van der Waals surface area contributed by atoms with Crippen molar-refractivity contribution >= 4 is 11.6 Å². The molecular weight excluding hydrogens is 328 g/mol. The van der Waals surface area contributed by atoms with Gasteiger partial charge in [-0.05, 0) is 50.7 Å². The van der Waals surface area contributed by atoms with Crippen LogP contribution in [-0.4, -0.2) is 24.3 Å². The molecule has 5 rings (SSSR count). The van der Waals surface area contributed by atoms with Crippen LogP contribution in [-0.2, 0) is 11.2 Å². The summed E-state index contributed by atoms with van der Waals surface area (Å²) in [7, 11) is 1.70. The molecule has 1 aromatic carbocycles. The third kappa shape index (κ3) is 2.36. The van der Waals surface area contributed by atoms with Crippen LogP contribution in [0.2, 0.25) is 0 Å². The first kappa shape index (κ1) is 16.2. The maximum absolute atomic E-state index is 12.3. The molecule has 0 radical (unpaired) electrons. The van der Waals surface area contributed by atoms with Crippen LogP contribution in [0.4, 0.5) is 0 Å². The average Bonchev–Trinajstić information content (AvgIpc) is 3.28. The van der Waals surface area contributed by atoms with E-state index >= 15 is 0 Å². The maximum Gasteiger partial charge on any atom is 0.243 e. The van der Waals surface area contributed by atoms with E-state index in [4.69, 9.17) is 9.47 Å². The standard InChI is InChI=1S/C21H26N2O3/c1-25-17-9-8-14(16-12-21(26-19(16)17)10-4-5-11-21)18-13-6-2-3-7-15(13)20(24)23-22-18/h8-9,13,15H,2-7,10-12H2,1H3,(H,23,24)/t13-,15+/m0/s1. The molecule has 5 nitrogen and oxygen atoms in total. The summed E-state index contributed by atoms with van der Waals surface area (Å²) in [6.45, 7) is 0. The summed E-state index contributed by atoms with van der Waals surface area (Å²) in [6, 6.07) is 4.12. The van der Waals surface area contributed by atoms with Gasteiger partial charge in [0.25, 0.3) is 0 Å². The van der Waals surface area contributed by atoms with E-state index in [1.54, 1.807) is 7.11 Å². The number of benzene rings is 1. The first-order chi connectivity index (χ1) is 12.7. The lowest BCUT2D eigenvalue weighted by Crippen LogP contribution is -2.44. The summed E-state index contributed by atoms with van der Waals surface area (Å²) in [5.74, 6) is 2.10. The summed E-state index contributed by atoms with van der Waals surface area (Å²) in [5.41, 5.74) is 6.16. The van der Waals surface area contributed by atoms with Gasteiger partial charge in [0.15, 0.2) is 11.5 Å². The summed E-state index contributed by atoms with van der Waals surface area (Å²) in [6.07, 6.45) is 9.93. The van der Waals surface area contributed by atoms with Crippen LogP contribution in [0.15, 0.2) is 17.2 Å². The van der Waals surface area contributed by atoms with Gasteiger partial charge in [-0.15, -0.1) is 0 Å². The zero-order chi connectivity index (χ0) is 17.7. The Balaban J connectivity index is 1.59. The van der Waals surface area contributed by atoms with Crippen LogP contribution in [0.3, 0.4) is 0 Å². The molecule has 1 amide bonds. The van der Waals surface area contributed by atoms with Crippen LogP contribution in [0.5, 0.6) is 11.5 Å². The molecule has 2 fully saturated rings.